The molecule has 0 radical (unpaired) electrons. The lowest BCUT2D eigenvalue weighted by molar-refractivity contribution is 0.0936. The zero-order chi connectivity index (χ0) is 10.1. The highest BCUT2D eigenvalue weighted by molar-refractivity contribution is 4.61. The highest BCUT2D eigenvalue weighted by Gasteiger charge is 2.03. The van der Waals surface area contributed by atoms with Gasteiger partial charge in [0, 0.05) is 6.54 Å². The van der Waals surface area contributed by atoms with Gasteiger partial charge in [-0.3, -0.25) is 0 Å². The lowest BCUT2D eigenvalue weighted by Gasteiger charge is -2.13. The second-order valence-corrected chi connectivity index (χ2v) is 3.74. The Morgan fingerprint density at radius 1 is 1.31 bits per heavy atom. The van der Waals surface area contributed by atoms with E-state index in [9.17, 15) is 0 Å². The normalized spacial score (nSPS) is 15.7. The molecule has 0 rings (SSSR count). The van der Waals surface area contributed by atoms with E-state index in [1.165, 1.54) is 19.3 Å². The number of unbranched alkanes of at least 4 members (excludes halogenated alkanes) is 1. The first-order chi connectivity index (χ1) is 6.20. The molecule has 0 saturated carbocycles. The van der Waals surface area contributed by atoms with E-state index in [1.807, 2.05) is 0 Å². The fraction of sp³-hybridized carbons (Fsp3) is 1.00. The number of rotatable bonds is 8. The van der Waals surface area contributed by atoms with E-state index in [-0.39, 0.29) is 6.61 Å². The van der Waals surface area contributed by atoms with Crippen LogP contribution in [0.1, 0.15) is 33.1 Å². The van der Waals surface area contributed by atoms with Crippen LogP contribution in [0.4, 0.5) is 0 Å². The van der Waals surface area contributed by atoms with E-state index in [0.717, 1.165) is 6.54 Å². The van der Waals surface area contributed by atoms with E-state index < -0.39 is 6.10 Å². The van der Waals surface area contributed by atoms with Crippen molar-refractivity contribution in [2.75, 3.05) is 19.7 Å². The monoisotopic (exact) mass is 189 g/mol. The molecule has 0 aliphatic heterocycles. The zero-order valence-electron chi connectivity index (χ0n) is 8.79. The molecular weight excluding hydrogens is 166 g/mol. The van der Waals surface area contributed by atoms with Crippen LogP contribution in [0, 0.1) is 5.92 Å². The highest BCUT2D eigenvalue weighted by Crippen LogP contribution is 2.05. The minimum Gasteiger partial charge on any atom is -0.394 e. The van der Waals surface area contributed by atoms with Crippen LogP contribution in [-0.2, 0) is 0 Å². The first-order valence-electron chi connectivity index (χ1n) is 5.20. The average molecular weight is 189 g/mol. The Morgan fingerprint density at radius 2 is 2.00 bits per heavy atom. The van der Waals surface area contributed by atoms with Crippen LogP contribution >= 0.6 is 0 Å². The van der Waals surface area contributed by atoms with Crippen molar-refractivity contribution in [2.45, 2.75) is 39.2 Å². The van der Waals surface area contributed by atoms with Crippen molar-refractivity contribution in [2.24, 2.45) is 5.92 Å². The van der Waals surface area contributed by atoms with E-state index in [0.29, 0.717) is 12.5 Å². The van der Waals surface area contributed by atoms with Gasteiger partial charge >= 0.3 is 0 Å². The standard InChI is InChI=1S/C10H23NO2/c1-3-4-5-9(2)6-11-7-10(13)8-12/h9-13H,3-8H2,1-2H3. The van der Waals surface area contributed by atoms with Gasteiger partial charge in [-0.2, -0.15) is 0 Å². The molecule has 3 N–H and O–H groups in total. The minimum atomic E-state index is -0.613. The maximum Gasteiger partial charge on any atom is 0.0894 e. The molecule has 0 fully saturated rings. The van der Waals surface area contributed by atoms with Crippen molar-refractivity contribution in [3.05, 3.63) is 0 Å². The lowest BCUT2D eigenvalue weighted by atomic mass is 10.0. The van der Waals surface area contributed by atoms with Gasteiger partial charge in [-0.15, -0.1) is 0 Å². The number of aliphatic hydroxyl groups is 2. The lowest BCUT2D eigenvalue weighted by Crippen LogP contribution is -2.32. The molecule has 0 aromatic heterocycles. The van der Waals surface area contributed by atoms with Gasteiger partial charge in [0.25, 0.3) is 0 Å². The number of hydrogen-bond donors (Lipinski definition) is 3. The van der Waals surface area contributed by atoms with E-state index in [2.05, 4.69) is 19.2 Å². The van der Waals surface area contributed by atoms with Crippen LogP contribution in [0.3, 0.4) is 0 Å². The molecule has 0 aliphatic rings. The van der Waals surface area contributed by atoms with Crippen LogP contribution in [0.5, 0.6) is 0 Å². The van der Waals surface area contributed by atoms with Crippen molar-refractivity contribution >= 4 is 0 Å². The van der Waals surface area contributed by atoms with Gasteiger partial charge < -0.3 is 15.5 Å². The van der Waals surface area contributed by atoms with Crippen molar-refractivity contribution in [1.29, 1.82) is 0 Å². The summed E-state index contributed by atoms with van der Waals surface area (Å²) in [5.74, 6) is 0.658. The second kappa shape index (κ2) is 8.48. The summed E-state index contributed by atoms with van der Waals surface area (Å²) in [6, 6.07) is 0. The quantitative estimate of drug-likeness (QED) is 0.528. The van der Waals surface area contributed by atoms with Crippen molar-refractivity contribution in [3.63, 3.8) is 0 Å². The predicted molar refractivity (Wildman–Crippen MR) is 54.7 cm³/mol. The first-order valence-corrected chi connectivity index (χ1v) is 5.20. The number of hydrogen-bond acceptors (Lipinski definition) is 3. The van der Waals surface area contributed by atoms with Gasteiger partial charge in [0.1, 0.15) is 0 Å². The third-order valence-electron chi connectivity index (χ3n) is 2.13. The van der Waals surface area contributed by atoms with Crippen LogP contribution in [-0.4, -0.2) is 36.0 Å². The highest BCUT2D eigenvalue weighted by atomic mass is 16.3. The molecule has 0 aromatic carbocycles. The molecule has 3 heteroatoms. The van der Waals surface area contributed by atoms with Crippen molar-refractivity contribution in [1.82, 2.24) is 5.32 Å². The maximum absolute atomic E-state index is 9.03. The average Bonchev–Trinajstić information content (AvgIpc) is 2.14. The largest absolute Gasteiger partial charge is 0.394 e. The maximum atomic E-state index is 9.03. The molecule has 0 bridgehead atoms. The third-order valence-corrected chi connectivity index (χ3v) is 2.13. The number of nitrogens with one attached hydrogen (secondary N) is 1. The predicted octanol–water partition coefficient (Wildman–Crippen LogP) is 0.756. The Labute approximate surface area is 81.2 Å². The first kappa shape index (κ1) is 12.9. The zero-order valence-corrected chi connectivity index (χ0v) is 8.79. The van der Waals surface area contributed by atoms with Gasteiger partial charge in [0.05, 0.1) is 12.7 Å². The second-order valence-electron chi connectivity index (χ2n) is 3.74. The third kappa shape index (κ3) is 8.22. The molecule has 0 heterocycles. The molecule has 2 unspecified atom stereocenters. The minimum absolute atomic E-state index is 0.156. The van der Waals surface area contributed by atoms with Crippen LogP contribution in [0.25, 0.3) is 0 Å². The van der Waals surface area contributed by atoms with Crippen LogP contribution < -0.4 is 5.32 Å². The molecular formula is C10H23NO2. The molecule has 0 aliphatic carbocycles. The molecule has 13 heavy (non-hydrogen) atoms. The Kier molecular flexibility index (Phi) is 8.40. The molecule has 0 aromatic rings. The molecule has 0 saturated heterocycles. The Hall–Kier alpha value is -0.120. The molecule has 0 spiro atoms. The Morgan fingerprint density at radius 3 is 2.54 bits per heavy atom. The summed E-state index contributed by atoms with van der Waals surface area (Å²) in [5.41, 5.74) is 0. The van der Waals surface area contributed by atoms with E-state index in [4.69, 9.17) is 10.2 Å². The van der Waals surface area contributed by atoms with E-state index in [1.54, 1.807) is 0 Å². The SMILES string of the molecule is CCCCC(C)CNCC(O)CO. The molecule has 80 valence electrons. The Bertz CT molecular complexity index is 109. The van der Waals surface area contributed by atoms with Crippen LogP contribution in [0.15, 0.2) is 0 Å². The van der Waals surface area contributed by atoms with Crippen LogP contribution in [0.2, 0.25) is 0 Å². The summed E-state index contributed by atoms with van der Waals surface area (Å²) in [6.07, 6.45) is 3.13. The summed E-state index contributed by atoms with van der Waals surface area (Å²) in [5, 5.41) is 20.7. The Balaban J connectivity index is 3.21. The summed E-state index contributed by atoms with van der Waals surface area (Å²) in [4.78, 5) is 0. The summed E-state index contributed by atoms with van der Waals surface area (Å²) in [7, 11) is 0. The van der Waals surface area contributed by atoms with Gasteiger partial charge in [-0.1, -0.05) is 26.7 Å². The number of aliphatic hydroxyl groups excluding tert-OH is 2. The van der Waals surface area contributed by atoms with Crippen molar-refractivity contribution in [3.8, 4) is 0 Å². The van der Waals surface area contributed by atoms with Gasteiger partial charge in [-0.25, -0.2) is 0 Å². The van der Waals surface area contributed by atoms with Crippen molar-refractivity contribution < 1.29 is 10.2 Å². The summed E-state index contributed by atoms with van der Waals surface area (Å²) >= 11 is 0. The molecule has 2 atom stereocenters. The van der Waals surface area contributed by atoms with Gasteiger partial charge in [0.15, 0.2) is 0 Å². The fourth-order valence-electron chi connectivity index (χ4n) is 1.22. The van der Waals surface area contributed by atoms with Gasteiger partial charge in [-0.05, 0) is 18.9 Å². The topological polar surface area (TPSA) is 52.5 Å². The summed E-state index contributed by atoms with van der Waals surface area (Å²) in [6.45, 7) is 5.66. The molecule has 0 amide bonds. The fourth-order valence-corrected chi connectivity index (χ4v) is 1.22. The molecule has 3 nitrogen and oxygen atoms in total. The smallest absolute Gasteiger partial charge is 0.0894 e. The van der Waals surface area contributed by atoms with E-state index >= 15 is 0 Å². The summed E-state index contributed by atoms with van der Waals surface area (Å²) < 4.78 is 0. The van der Waals surface area contributed by atoms with Gasteiger partial charge in [0.2, 0.25) is 0 Å².